The first-order chi connectivity index (χ1) is 10.4. The number of aliphatic carboxylic acids is 1. The molecule has 120 valence electrons. The molecule has 9 nitrogen and oxygen atoms in total. The van der Waals surface area contributed by atoms with Crippen LogP contribution in [0.15, 0.2) is 35.3 Å². The summed E-state index contributed by atoms with van der Waals surface area (Å²) in [6, 6.07) is 6.91. The molecule has 22 heavy (non-hydrogen) atoms. The van der Waals surface area contributed by atoms with Crippen molar-refractivity contribution in [2.75, 3.05) is 6.54 Å². The Morgan fingerprint density at radius 2 is 2.00 bits per heavy atom. The molecule has 6 N–H and O–H groups in total. The summed E-state index contributed by atoms with van der Waals surface area (Å²) >= 11 is 0. The van der Waals surface area contributed by atoms with E-state index < -0.39 is 23.0 Å². The average molecular weight is 309 g/mol. The molecule has 0 aliphatic heterocycles. The minimum Gasteiger partial charge on any atom is -0.480 e. The minimum atomic E-state index is -1.17. The van der Waals surface area contributed by atoms with Crippen LogP contribution in [0.25, 0.3) is 0 Å². The van der Waals surface area contributed by atoms with Gasteiger partial charge in [-0.1, -0.05) is 30.3 Å². The van der Waals surface area contributed by atoms with Gasteiger partial charge in [-0.15, -0.1) is 0 Å². The predicted octanol–water partition coefficient (Wildman–Crippen LogP) is -0.462. The van der Waals surface area contributed by atoms with Crippen LogP contribution in [-0.2, 0) is 11.3 Å². The minimum absolute atomic E-state index is 0.216. The number of nitro groups is 1. The molecule has 0 aliphatic rings. The van der Waals surface area contributed by atoms with Crippen LogP contribution in [0.3, 0.4) is 0 Å². The summed E-state index contributed by atoms with van der Waals surface area (Å²) in [6.45, 7) is 0.0384. The van der Waals surface area contributed by atoms with Crippen molar-refractivity contribution < 1.29 is 14.8 Å². The molecular formula is C13H19N5O4. The van der Waals surface area contributed by atoms with Gasteiger partial charge >= 0.3 is 5.97 Å². The van der Waals surface area contributed by atoms with E-state index in [9.17, 15) is 20.0 Å². The molecule has 0 heterocycles. The van der Waals surface area contributed by atoms with E-state index in [-0.39, 0.29) is 18.9 Å². The maximum Gasteiger partial charge on any atom is 0.320 e. The number of nitrogens with zero attached hydrogens (tertiary/aromatic N) is 2. The summed E-state index contributed by atoms with van der Waals surface area (Å²) in [7, 11) is 0. The molecule has 0 aliphatic carbocycles. The monoisotopic (exact) mass is 309 g/mol. The second-order valence-electron chi connectivity index (χ2n) is 4.70. The SMILES string of the molecule is NC(N)=NC[C@H](C[C@H](NCc1ccccc1)C(=O)O)[N+](=O)[O-]. The summed E-state index contributed by atoms with van der Waals surface area (Å²) in [5, 5.41) is 23.0. The molecule has 1 aromatic rings. The Labute approximate surface area is 127 Å². The fraction of sp³-hybridized carbons (Fsp3) is 0.385. The first kappa shape index (κ1) is 17.4. The van der Waals surface area contributed by atoms with Crippen LogP contribution in [-0.4, -0.2) is 40.6 Å². The number of rotatable bonds is 9. The van der Waals surface area contributed by atoms with Crippen molar-refractivity contribution in [2.45, 2.75) is 25.0 Å². The summed E-state index contributed by atoms with van der Waals surface area (Å²) in [5.74, 6) is -1.43. The van der Waals surface area contributed by atoms with Gasteiger partial charge < -0.3 is 21.9 Å². The highest BCUT2D eigenvalue weighted by Gasteiger charge is 2.29. The lowest BCUT2D eigenvalue weighted by Crippen LogP contribution is -2.42. The number of carbonyl (C=O) groups is 1. The molecule has 9 heteroatoms. The lowest BCUT2D eigenvalue weighted by Gasteiger charge is -2.16. The van der Waals surface area contributed by atoms with Crippen molar-refractivity contribution in [1.29, 1.82) is 0 Å². The van der Waals surface area contributed by atoms with E-state index in [1.54, 1.807) is 0 Å². The number of carboxylic acids is 1. The summed E-state index contributed by atoms with van der Waals surface area (Å²) in [6.07, 6.45) is -0.216. The number of hydrogen-bond acceptors (Lipinski definition) is 5. The van der Waals surface area contributed by atoms with Gasteiger partial charge in [0.2, 0.25) is 6.04 Å². The van der Waals surface area contributed by atoms with Crippen LogP contribution in [0.4, 0.5) is 0 Å². The van der Waals surface area contributed by atoms with E-state index in [2.05, 4.69) is 10.3 Å². The van der Waals surface area contributed by atoms with E-state index in [4.69, 9.17) is 11.5 Å². The summed E-state index contributed by atoms with van der Waals surface area (Å²) < 4.78 is 0. The topological polar surface area (TPSA) is 157 Å². The van der Waals surface area contributed by atoms with Crippen LogP contribution in [0, 0.1) is 10.1 Å². The van der Waals surface area contributed by atoms with Gasteiger partial charge in [0.25, 0.3) is 0 Å². The molecule has 0 saturated heterocycles. The maximum atomic E-state index is 11.2. The zero-order chi connectivity index (χ0) is 16.5. The Bertz CT molecular complexity index is 530. The maximum absolute atomic E-state index is 11.2. The van der Waals surface area contributed by atoms with Crippen molar-refractivity contribution in [2.24, 2.45) is 16.5 Å². The van der Waals surface area contributed by atoms with Crippen molar-refractivity contribution in [3.05, 3.63) is 46.0 Å². The average Bonchev–Trinajstić information content (AvgIpc) is 2.46. The third-order valence-electron chi connectivity index (χ3n) is 2.98. The molecule has 0 fully saturated rings. The second kappa shape index (κ2) is 8.57. The molecule has 1 aromatic carbocycles. The largest absolute Gasteiger partial charge is 0.480 e. The fourth-order valence-corrected chi connectivity index (χ4v) is 1.82. The predicted molar refractivity (Wildman–Crippen MR) is 80.8 cm³/mol. The molecule has 2 atom stereocenters. The second-order valence-corrected chi connectivity index (χ2v) is 4.70. The number of nitrogens with two attached hydrogens (primary N) is 2. The summed E-state index contributed by atoms with van der Waals surface area (Å²) in [4.78, 5) is 25.2. The highest BCUT2D eigenvalue weighted by Crippen LogP contribution is 2.06. The Morgan fingerprint density at radius 3 is 2.50 bits per heavy atom. The van der Waals surface area contributed by atoms with Gasteiger partial charge in [-0.3, -0.25) is 14.9 Å². The van der Waals surface area contributed by atoms with Crippen molar-refractivity contribution in [3.63, 3.8) is 0 Å². The van der Waals surface area contributed by atoms with E-state index >= 15 is 0 Å². The smallest absolute Gasteiger partial charge is 0.320 e. The first-order valence-electron chi connectivity index (χ1n) is 6.59. The van der Waals surface area contributed by atoms with Crippen LogP contribution in [0.5, 0.6) is 0 Å². The number of nitrogens with one attached hydrogen (secondary N) is 1. The molecule has 0 amide bonds. The standard InChI is InChI=1S/C13H19N5O4/c14-13(15)17-8-10(18(21)22)6-11(12(19)20)16-7-9-4-2-1-3-5-9/h1-5,10-11,16H,6-8H2,(H,19,20)(H4,14,15,17)/t10-,11-/m0/s1. The zero-order valence-electron chi connectivity index (χ0n) is 11.9. The molecule has 0 bridgehead atoms. The third-order valence-corrected chi connectivity index (χ3v) is 2.98. The number of guanidine groups is 1. The van der Waals surface area contributed by atoms with Crippen LogP contribution < -0.4 is 16.8 Å². The number of carboxylic acid groups (broad SMARTS) is 1. The molecule has 1 rings (SSSR count). The normalized spacial score (nSPS) is 13.1. The van der Waals surface area contributed by atoms with E-state index in [0.717, 1.165) is 5.56 Å². The molecule has 0 spiro atoms. The van der Waals surface area contributed by atoms with Crippen LogP contribution >= 0.6 is 0 Å². The number of aliphatic imine (C=N–C) groups is 1. The van der Waals surface area contributed by atoms with Crippen molar-refractivity contribution >= 4 is 11.9 Å². The molecule has 0 aromatic heterocycles. The lowest BCUT2D eigenvalue weighted by atomic mass is 10.1. The third kappa shape index (κ3) is 6.18. The lowest BCUT2D eigenvalue weighted by molar-refractivity contribution is -0.520. The van der Waals surface area contributed by atoms with Gasteiger partial charge in [-0.25, -0.2) is 4.99 Å². The fourth-order valence-electron chi connectivity index (χ4n) is 1.82. The Hall–Kier alpha value is -2.68. The molecular weight excluding hydrogens is 290 g/mol. The number of hydrogen-bond donors (Lipinski definition) is 4. The number of benzene rings is 1. The van der Waals surface area contributed by atoms with Crippen molar-refractivity contribution in [3.8, 4) is 0 Å². The van der Waals surface area contributed by atoms with E-state index in [0.29, 0.717) is 6.54 Å². The highest BCUT2D eigenvalue weighted by atomic mass is 16.6. The zero-order valence-corrected chi connectivity index (χ0v) is 11.9. The molecule has 0 unspecified atom stereocenters. The first-order valence-corrected chi connectivity index (χ1v) is 6.59. The van der Waals surface area contributed by atoms with E-state index in [1.807, 2.05) is 30.3 Å². The van der Waals surface area contributed by atoms with Crippen molar-refractivity contribution in [1.82, 2.24) is 5.32 Å². The Morgan fingerprint density at radius 1 is 1.36 bits per heavy atom. The highest BCUT2D eigenvalue weighted by molar-refractivity contribution is 5.75. The molecule has 0 radical (unpaired) electrons. The van der Waals surface area contributed by atoms with Gasteiger partial charge in [-0.05, 0) is 5.56 Å². The quantitative estimate of drug-likeness (QED) is 0.208. The van der Waals surface area contributed by atoms with Crippen LogP contribution in [0.2, 0.25) is 0 Å². The molecule has 0 saturated carbocycles. The van der Waals surface area contributed by atoms with Crippen LogP contribution in [0.1, 0.15) is 12.0 Å². The summed E-state index contributed by atoms with van der Waals surface area (Å²) in [5.41, 5.74) is 11.2. The van der Waals surface area contributed by atoms with Gasteiger partial charge in [0, 0.05) is 17.9 Å². The van der Waals surface area contributed by atoms with Gasteiger partial charge in [0.15, 0.2) is 5.96 Å². The van der Waals surface area contributed by atoms with Gasteiger partial charge in [0.05, 0.1) is 0 Å². The van der Waals surface area contributed by atoms with E-state index in [1.165, 1.54) is 0 Å². The Kier molecular flexibility index (Phi) is 6.77. The Balaban J connectivity index is 2.66. The van der Waals surface area contributed by atoms with Gasteiger partial charge in [0.1, 0.15) is 12.6 Å². The van der Waals surface area contributed by atoms with Gasteiger partial charge in [-0.2, -0.15) is 0 Å².